The van der Waals surface area contributed by atoms with Gasteiger partial charge in [-0.05, 0) is 62.2 Å². The summed E-state index contributed by atoms with van der Waals surface area (Å²) in [6.07, 6.45) is 3.24. The molecule has 39 heavy (non-hydrogen) atoms. The van der Waals surface area contributed by atoms with E-state index in [4.69, 9.17) is 14.2 Å². The molecule has 2 aliphatic rings. The van der Waals surface area contributed by atoms with E-state index < -0.39 is 17.7 Å². The molecule has 1 amide bonds. The Kier molecular flexibility index (Phi) is 10.0. The lowest BCUT2D eigenvalue weighted by Gasteiger charge is -2.31. The predicted molar refractivity (Wildman–Crippen MR) is 150 cm³/mol. The van der Waals surface area contributed by atoms with Gasteiger partial charge in [0.05, 0.1) is 37.5 Å². The monoisotopic (exact) mass is 536 g/mol. The van der Waals surface area contributed by atoms with Crippen LogP contribution in [0.1, 0.15) is 57.2 Å². The first-order valence-corrected chi connectivity index (χ1v) is 14.0. The molecular weight excluding hydrogens is 496 g/mol. The van der Waals surface area contributed by atoms with Crippen LogP contribution in [0.25, 0.3) is 5.76 Å². The molecule has 1 unspecified atom stereocenters. The minimum absolute atomic E-state index is 0.0137. The third-order valence-electron chi connectivity index (χ3n) is 7.01. The second-order valence-corrected chi connectivity index (χ2v) is 10.3. The topological polar surface area (TPSA) is 88.5 Å². The minimum Gasteiger partial charge on any atom is -0.507 e. The number of nitrogens with zero attached hydrogens (tertiary/aromatic N) is 2. The summed E-state index contributed by atoms with van der Waals surface area (Å²) < 4.78 is 17.0. The Morgan fingerprint density at radius 1 is 0.974 bits per heavy atom. The highest BCUT2D eigenvalue weighted by Gasteiger charge is 2.46. The van der Waals surface area contributed by atoms with Crippen molar-refractivity contribution >= 4 is 17.4 Å². The van der Waals surface area contributed by atoms with Gasteiger partial charge < -0.3 is 24.2 Å². The zero-order valence-electron chi connectivity index (χ0n) is 23.2. The maximum Gasteiger partial charge on any atom is 0.295 e. The van der Waals surface area contributed by atoms with Crippen LogP contribution in [0, 0.1) is 0 Å². The van der Waals surface area contributed by atoms with Crippen LogP contribution in [0.2, 0.25) is 0 Å². The lowest BCUT2D eigenvalue weighted by atomic mass is 9.95. The zero-order chi connectivity index (χ0) is 27.8. The second kappa shape index (κ2) is 13.6. The number of amides is 1. The third-order valence-corrected chi connectivity index (χ3v) is 7.01. The largest absolute Gasteiger partial charge is 0.507 e. The Balaban J connectivity index is 1.64. The molecular formula is C31H40N2O6. The van der Waals surface area contributed by atoms with E-state index in [0.717, 1.165) is 43.7 Å². The number of morpholine rings is 1. The summed E-state index contributed by atoms with van der Waals surface area (Å²) in [5, 5.41) is 11.4. The first kappa shape index (κ1) is 28.6. The number of benzene rings is 2. The molecule has 8 nitrogen and oxygen atoms in total. The van der Waals surface area contributed by atoms with E-state index in [-0.39, 0.29) is 17.4 Å². The Hall–Kier alpha value is -3.36. The van der Waals surface area contributed by atoms with Crippen LogP contribution in [-0.4, -0.2) is 78.7 Å². The maximum absolute atomic E-state index is 13.4. The number of aliphatic hydroxyl groups excluding tert-OH is 1. The van der Waals surface area contributed by atoms with E-state index >= 15 is 0 Å². The number of hydrogen-bond donors (Lipinski definition) is 1. The van der Waals surface area contributed by atoms with Gasteiger partial charge in [0, 0.05) is 31.7 Å². The average Bonchev–Trinajstić information content (AvgIpc) is 3.20. The number of Topliss-reactive ketones (excluding diaryl/α,β-unsaturated/α-hetero) is 1. The maximum atomic E-state index is 13.4. The highest BCUT2D eigenvalue weighted by molar-refractivity contribution is 6.46. The van der Waals surface area contributed by atoms with Crippen LogP contribution in [0.5, 0.6) is 11.5 Å². The van der Waals surface area contributed by atoms with Crippen LogP contribution in [-0.2, 0) is 14.3 Å². The summed E-state index contributed by atoms with van der Waals surface area (Å²) >= 11 is 0. The molecule has 210 valence electrons. The Labute approximate surface area is 231 Å². The van der Waals surface area contributed by atoms with Crippen molar-refractivity contribution < 1.29 is 28.9 Å². The molecule has 2 heterocycles. The van der Waals surface area contributed by atoms with E-state index in [1.807, 2.05) is 38.1 Å². The van der Waals surface area contributed by atoms with Gasteiger partial charge in [0.15, 0.2) is 0 Å². The van der Waals surface area contributed by atoms with E-state index in [0.29, 0.717) is 44.2 Å². The van der Waals surface area contributed by atoms with Crippen LogP contribution >= 0.6 is 0 Å². The lowest BCUT2D eigenvalue weighted by Crippen LogP contribution is -2.42. The highest BCUT2D eigenvalue weighted by Crippen LogP contribution is 2.40. The lowest BCUT2D eigenvalue weighted by molar-refractivity contribution is -0.140. The minimum atomic E-state index is -0.702. The second-order valence-electron chi connectivity index (χ2n) is 10.3. The number of ketones is 1. The number of carbonyl (C=O) groups excluding carboxylic acids is 2. The quantitative estimate of drug-likeness (QED) is 0.180. The molecule has 0 radical (unpaired) electrons. The molecule has 2 fully saturated rings. The van der Waals surface area contributed by atoms with Gasteiger partial charge in [-0.3, -0.25) is 14.5 Å². The Morgan fingerprint density at radius 3 is 2.28 bits per heavy atom. The zero-order valence-corrected chi connectivity index (χ0v) is 23.2. The number of ether oxygens (including phenoxy) is 3. The van der Waals surface area contributed by atoms with Gasteiger partial charge in [0.1, 0.15) is 17.3 Å². The molecule has 0 aromatic heterocycles. The van der Waals surface area contributed by atoms with Gasteiger partial charge in [-0.1, -0.05) is 31.9 Å². The molecule has 0 saturated carbocycles. The van der Waals surface area contributed by atoms with Crippen molar-refractivity contribution in [1.82, 2.24) is 9.80 Å². The smallest absolute Gasteiger partial charge is 0.295 e. The number of aliphatic hydroxyl groups is 1. The molecule has 1 N–H and O–H groups in total. The summed E-state index contributed by atoms with van der Waals surface area (Å²) in [5.41, 5.74) is 1.30. The Bertz CT molecular complexity index is 1140. The molecule has 4 rings (SSSR count). The van der Waals surface area contributed by atoms with Crippen LogP contribution in [0.3, 0.4) is 0 Å². The molecule has 1 atom stereocenters. The highest BCUT2D eigenvalue weighted by atomic mass is 16.5. The van der Waals surface area contributed by atoms with Crippen molar-refractivity contribution in [2.45, 2.75) is 52.2 Å². The van der Waals surface area contributed by atoms with E-state index in [9.17, 15) is 14.7 Å². The SMILES string of the molecule is CCCCCOc1ccc(C2/C(=C(\O)c3ccc(OC(C)C)cc3)C(=O)C(=O)N2CCN2CCOCC2)cc1. The predicted octanol–water partition coefficient (Wildman–Crippen LogP) is 4.80. The summed E-state index contributed by atoms with van der Waals surface area (Å²) in [7, 11) is 0. The fraction of sp³-hybridized carbons (Fsp3) is 0.484. The third kappa shape index (κ3) is 7.19. The summed E-state index contributed by atoms with van der Waals surface area (Å²) in [4.78, 5) is 30.5. The number of unbranched alkanes of at least 4 members (excludes halogenated alkanes) is 2. The van der Waals surface area contributed by atoms with Crippen molar-refractivity contribution in [3.63, 3.8) is 0 Å². The van der Waals surface area contributed by atoms with Gasteiger partial charge in [-0.15, -0.1) is 0 Å². The number of likely N-dealkylation sites (tertiary alicyclic amines) is 1. The average molecular weight is 537 g/mol. The molecule has 0 aliphatic carbocycles. The summed E-state index contributed by atoms with van der Waals surface area (Å²) in [6.45, 7) is 10.5. The first-order chi connectivity index (χ1) is 18.9. The van der Waals surface area contributed by atoms with Gasteiger partial charge >= 0.3 is 0 Å². The fourth-order valence-corrected chi connectivity index (χ4v) is 4.94. The van der Waals surface area contributed by atoms with E-state index in [2.05, 4.69) is 11.8 Å². The van der Waals surface area contributed by atoms with E-state index in [1.165, 1.54) is 0 Å². The van der Waals surface area contributed by atoms with Crippen molar-refractivity contribution in [2.75, 3.05) is 46.0 Å². The standard InChI is InChI=1S/C31H40N2O6/c1-4-5-6-19-38-25-11-7-23(8-12-25)28-27(29(34)24-9-13-26(14-10-24)39-22(2)3)30(35)31(36)33(28)16-15-32-17-20-37-21-18-32/h7-14,22,28,34H,4-6,15-21H2,1-3H3/b29-27+. The fourth-order valence-electron chi connectivity index (χ4n) is 4.94. The first-order valence-electron chi connectivity index (χ1n) is 14.0. The van der Waals surface area contributed by atoms with Gasteiger partial charge in [0.25, 0.3) is 11.7 Å². The van der Waals surface area contributed by atoms with Crippen molar-refractivity contribution in [3.05, 3.63) is 65.2 Å². The summed E-state index contributed by atoms with van der Waals surface area (Å²) in [5.74, 6) is -0.0704. The molecule has 2 aromatic carbocycles. The number of hydrogen-bond acceptors (Lipinski definition) is 7. The molecule has 0 spiro atoms. The molecule has 2 aliphatic heterocycles. The Morgan fingerprint density at radius 2 is 1.64 bits per heavy atom. The van der Waals surface area contributed by atoms with Gasteiger partial charge in [0.2, 0.25) is 0 Å². The van der Waals surface area contributed by atoms with E-state index in [1.54, 1.807) is 29.2 Å². The normalized spacial score (nSPS) is 19.6. The molecule has 2 aromatic rings. The number of rotatable bonds is 12. The van der Waals surface area contributed by atoms with Gasteiger partial charge in [-0.2, -0.15) is 0 Å². The van der Waals surface area contributed by atoms with Crippen LogP contribution < -0.4 is 9.47 Å². The summed E-state index contributed by atoms with van der Waals surface area (Å²) in [6, 6.07) is 13.7. The van der Waals surface area contributed by atoms with Gasteiger partial charge in [-0.25, -0.2) is 0 Å². The molecule has 0 bridgehead atoms. The number of carbonyl (C=O) groups is 2. The van der Waals surface area contributed by atoms with Crippen molar-refractivity contribution in [2.24, 2.45) is 0 Å². The van der Waals surface area contributed by atoms with Crippen molar-refractivity contribution in [3.8, 4) is 11.5 Å². The van der Waals surface area contributed by atoms with Crippen molar-refractivity contribution in [1.29, 1.82) is 0 Å². The molecule has 8 heteroatoms. The molecule has 2 saturated heterocycles. The van der Waals surface area contributed by atoms with Crippen LogP contribution in [0.4, 0.5) is 0 Å². The van der Waals surface area contributed by atoms with Crippen LogP contribution in [0.15, 0.2) is 54.1 Å².